The molecule has 0 aromatic heterocycles. The number of likely N-dealkylation sites (N-methyl/N-ethyl adjacent to an activating group) is 1. The van der Waals surface area contributed by atoms with Gasteiger partial charge < -0.3 is 10.2 Å². The first-order chi connectivity index (χ1) is 9.11. The van der Waals surface area contributed by atoms with Gasteiger partial charge in [-0.1, -0.05) is 12.1 Å². The van der Waals surface area contributed by atoms with Gasteiger partial charge in [-0.2, -0.15) is 0 Å². The van der Waals surface area contributed by atoms with Crippen LogP contribution in [0.4, 0.5) is 4.39 Å². The summed E-state index contributed by atoms with van der Waals surface area (Å²) in [6.07, 6.45) is 0. The summed E-state index contributed by atoms with van der Waals surface area (Å²) < 4.78 is 13.2. The molecular formula is C13H15FN2O2S. The van der Waals surface area contributed by atoms with Crippen LogP contribution >= 0.6 is 11.8 Å². The number of thioether (sulfide) groups is 1. The van der Waals surface area contributed by atoms with E-state index in [9.17, 15) is 14.0 Å². The minimum atomic E-state index is -0.338. The van der Waals surface area contributed by atoms with Crippen molar-refractivity contribution in [3.63, 3.8) is 0 Å². The van der Waals surface area contributed by atoms with Crippen LogP contribution in [0.15, 0.2) is 24.3 Å². The fourth-order valence-corrected chi connectivity index (χ4v) is 3.15. The lowest BCUT2D eigenvalue weighted by atomic mass is 10.2. The van der Waals surface area contributed by atoms with Crippen LogP contribution in [-0.4, -0.2) is 35.6 Å². The summed E-state index contributed by atoms with van der Waals surface area (Å²) in [5.74, 6) is -0.304. The number of carbonyl (C=O) groups excluding carboxylic acids is 2. The molecule has 1 saturated heterocycles. The fourth-order valence-electron chi connectivity index (χ4n) is 1.97. The second-order valence-electron chi connectivity index (χ2n) is 4.19. The quantitative estimate of drug-likeness (QED) is 0.911. The number of rotatable bonds is 4. The average molecular weight is 282 g/mol. The van der Waals surface area contributed by atoms with Crippen molar-refractivity contribution in [2.45, 2.75) is 12.3 Å². The highest BCUT2D eigenvalue weighted by Crippen LogP contribution is 2.38. The van der Waals surface area contributed by atoms with Gasteiger partial charge in [0, 0.05) is 6.54 Å². The number of carbonyl (C=O) groups is 2. The van der Waals surface area contributed by atoms with Gasteiger partial charge in [0.25, 0.3) is 0 Å². The Morgan fingerprint density at radius 3 is 3.05 bits per heavy atom. The third-order valence-electron chi connectivity index (χ3n) is 2.79. The number of halogens is 1. The molecule has 0 spiro atoms. The third kappa shape index (κ3) is 3.26. The van der Waals surface area contributed by atoms with Crippen LogP contribution < -0.4 is 5.32 Å². The molecule has 0 saturated carbocycles. The van der Waals surface area contributed by atoms with Crippen LogP contribution in [-0.2, 0) is 9.59 Å². The van der Waals surface area contributed by atoms with Crippen LogP contribution in [0.25, 0.3) is 0 Å². The van der Waals surface area contributed by atoms with Crippen molar-refractivity contribution >= 4 is 23.6 Å². The summed E-state index contributed by atoms with van der Waals surface area (Å²) in [6, 6.07) is 6.14. The van der Waals surface area contributed by atoms with E-state index in [-0.39, 0.29) is 29.6 Å². The van der Waals surface area contributed by atoms with Crippen molar-refractivity contribution < 1.29 is 14.0 Å². The van der Waals surface area contributed by atoms with Gasteiger partial charge in [-0.05, 0) is 24.6 Å². The highest BCUT2D eigenvalue weighted by atomic mass is 32.2. The van der Waals surface area contributed by atoms with E-state index in [0.29, 0.717) is 17.9 Å². The van der Waals surface area contributed by atoms with Crippen molar-refractivity contribution in [1.29, 1.82) is 0 Å². The highest BCUT2D eigenvalue weighted by Gasteiger charge is 2.34. The predicted molar refractivity (Wildman–Crippen MR) is 72.0 cm³/mol. The summed E-state index contributed by atoms with van der Waals surface area (Å²) >= 11 is 1.41. The van der Waals surface area contributed by atoms with Gasteiger partial charge >= 0.3 is 0 Å². The summed E-state index contributed by atoms with van der Waals surface area (Å²) in [7, 11) is 0. The van der Waals surface area contributed by atoms with E-state index in [1.54, 1.807) is 12.1 Å². The maximum atomic E-state index is 13.2. The van der Waals surface area contributed by atoms with Crippen LogP contribution in [0, 0.1) is 5.82 Å². The Labute approximate surface area is 115 Å². The first kappa shape index (κ1) is 13.9. The standard InChI is InChI=1S/C13H15FN2O2S/c1-2-15-11(17)7-16-12(18)8-19-13(16)9-4-3-5-10(14)6-9/h3-6,13H,2,7-8H2,1H3,(H,15,17)/t13-/m0/s1. The van der Waals surface area contributed by atoms with Gasteiger partial charge in [-0.15, -0.1) is 11.8 Å². The van der Waals surface area contributed by atoms with Crippen LogP contribution in [0.5, 0.6) is 0 Å². The van der Waals surface area contributed by atoms with E-state index in [4.69, 9.17) is 0 Å². The smallest absolute Gasteiger partial charge is 0.239 e. The molecule has 1 heterocycles. The van der Waals surface area contributed by atoms with Gasteiger partial charge in [-0.25, -0.2) is 4.39 Å². The van der Waals surface area contributed by atoms with E-state index in [2.05, 4.69) is 5.32 Å². The molecule has 2 amide bonds. The zero-order valence-electron chi connectivity index (χ0n) is 10.6. The molecule has 2 rings (SSSR count). The molecule has 1 aliphatic rings. The molecule has 1 aliphatic heterocycles. The number of nitrogens with one attached hydrogen (secondary N) is 1. The van der Waals surface area contributed by atoms with Crippen LogP contribution in [0.3, 0.4) is 0 Å². The molecule has 19 heavy (non-hydrogen) atoms. The summed E-state index contributed by atoms with van der Waals surface area (Å²) in [5, 5.41) is 2.37. The Hall–Kier alpha value is -1.56. The lowest BCUT2D eigenvalue weighted by Gasteiger charge is -2.23. The Bertz CT molecular complexity index is 495. The van der Waals surface area contributed by atoms with Crippen molar-refractivity contribution in [1.82, 2.24) is 10.2 Å². The molecule has 1 aromatic rings. The van der Waals surface area contributed by atoms with E-state index in [0.717, 1.165) is 0 Å². The second kappa shape index (κ2) is 6.06. The highest BCUT2D eigenvalue weighted by molar-refractivity contribution is 8.00. The minimum absolute atomic E-state index is 0.0147. The average Bonchev–Trinajstić information content (AvgIpc) is 2.71. The van der Waals surface area contributed by atoms with Crippen molar-refractivity contribution in [2.24, 2.45) is 0 Å². The number of hydrogen-bond acceptors (Lipinski definition) is 3. The number of benzene rings is 1. The van der Waals surface area contributed by atoms with Gasteiger partial charge in [0.15, 0.2) is 0 Å². The Morgan fingerprint density at radius 2 is 2.37 bits per heavy atom. The van der Waals surface area contributed by atoms with Crippen molar-refractivity contribution in [3.8, 4) is 0 Å². The molecule has 102 valence electrons. The van der Waals surface area contributed by atoms with E-state index >= 15 is 0 Å². The lowest BCUT2D eigenvalue weighted by molar-refractivity contribution is -0.133. The third-order valence-corrected chi connectivity index (χ3v) is 4.05. The van der Waals surface area contributed by atoms with Gasteiger partial charge in [0.1, 0.15) is 17.7 Å². The summed E-state index contributed by atoms with van der Waals surface area (Å²) in [4.78, 5) is 24.9. The van der Waals surface area contributed by atoms with Gasteiger partial charge in [0.2, 0.25) is 11.8 Å². The predicted octanol–water partition coefficient (Wildman–Crippen LogP) is 1.54. The molecule has 1 atom stereocenters. The molecule has 0 unspecified atom stereocenters. The van der Waals surface area contributed by atoms with E-state index in [1.807, 2.05) is 6.92 Å². The Kier molecular flexibility index (Phi) is 4.42. The molecule has 1 fully saturated rings. The first-order valence-electron chi connectivity index (χ1n) is 6.05. The van der Waals surface area contributed by atoms with Gasteiger partial charge in [0.05, 0.1) is 5.75 Å². The topological polar surface area (TPSA) is 49.4 Å². The zero-order chi connectivity index (χ0) is 13.8. The van der Waals surface area contributed by atoms with E-state index in [1.165, 1.54) is 28.8 Å². The first-order valence-corrected chi connectivity index (χ1v) is 7.10. The second-order valence-corrected chi connectivity index (χ2v) is 5.26. The monoisotopic (exact) mass is 282 g/mol. The Balaban J connectivity index is 2.15. The van der Waals surface area contributed by atoms with Crippen molar-refractivity contribution in [3.05, 3.63) is 35.6 Å². The molecule has 0 bridgehead atoms. The number of amides is 2. The van der Waals surface area contributed by atoms with Gasteiger partial charge in [-0.3, -0.25) is 9.59 Å². The lowest BCUT2D eigenvalue weighted by Crippen LogP contribution is -2.39. The molecule has 4 nitrogen and oxygen atoms in total. The molecule has 1 aromatic carbocycles. The summed E-state index contributed by atoms with van der Waals surface area (Å²) in [5.41, 5.74) is 0.708. The fraction of sp³-hybridized carbons (Fsp3) is 0.385. The minimum Gasteiger partial charge on any atom is -0.355 e. The maximum absolute atomic E-state index is 13.2. The normalized spacial score (nSPS) is 18.7. The summed E-state index contributed by atoms with van der Waals surface area (Å²) in [6.45, 7) is 2.36. The van der Waals surface area contributed by atoms with Crippen molar-refractivity contribution in [2.75, 3.05) is 18.8 Å². The molecule has 0 aliphatic carbocycles. The molecule has 0 radical (unpaired) electrons. The Morgan fingerprint density at radius 1 is 1.58 bits per heavy atom. The molecular weight excluding hydrogens is 267 g/mol. The molecule has 1 N–H and O–H groups in total. The number of nitrogens with zero attached hydrogens (tertiary/aromatic N) is 1. The van der Waals surface area contributed by atoms with Crippen LogP contribution in [0.1, 0.15) is 17.9 Å². The van der Waals surface area contributed by atoms with E-state index < -0.39 is 0 Å². The SMILES string of the molecule is CCNC(=O)CN1C(=O)CS[C@H]1c1cccc(F)c1. The number of hydrogen-bond donors (Lipinski definition) is 1. The maximum Gasteiger partial charge on any atom is 0.239 e. The van der Waals surface area contributed by atoms with Crippen LogP contribution in [0.2, 0.25) is 0 Å². The zero-order valence-corrected chi connectivity index (χ0v) is 11.4. The molecule has 6 heteroatoms. The largest absolute Gasteiger partial charge is 0.355 e.